The Balaban J connectivity index is 1.85. The number of benzene rings is 1. The van der Waals surface area contributed by atoms with E-state index < -0.39 is 0 Å². The van der Waals surface area contributed by atoms with Crippen molar-refractivity contribution in [2.45, 2.75) is 20.3 Å². The van der Waals surface area contributed by atoms with Crippen molar-refractivity contribution < 1.29 is 23.9 Å². The molecule has 0 aromatic heterocycles. The second-order valence-electron chi connectivity index (χ2n) is 6.61. The van der Waals surface area contributed by atoms with Crippen LogP contribution >= 0.6 is 0 Å². The molecule has 0 N–H and O–H groups in total. The van der Waals surface area contributed by atoms with Crippen LogP contribution in [0.2, 0.25) is 0 Å². The highest BCUT2D eigenvalue weighted by Crippen LogP contribution is 2.13. The molecule has 0 atom stereocenters. The average Bonchev–Trinajstić information content (AvgIpc) is 2.71. The normalized spacial score (nSPS) is 13.8. The van der Waals surface area contributed by atoms with Crippen molar-refractivity contribution in [1.82, 2.24) is 14.7 Å². The molecule has 0 spiro atoms. The standard InChI is InChI=1S/C20H29N3O5/c1-4-28-20(26)22-12-10-21(11-13-22)19(25)15-23(16(2)24)9-8-17-6-5-7-18(14-17)27-3/h5-7,14H,4,8-13,15H2,1-3H3. The number of amides is 3. The Bertz CT molecular complexity index is 686. The highest BCUT2D eigenvalue weighted by molar-refractivity contribution is 5.84. The molecule has 1 aliphatic heterocycles. The van der Waals surface area contributed by atoms with Gasteiger partial charge in [0.15, 0.2) is 0 Å². The highest BCUT2D eigenvalue weighted by Gasteiger charge is 2.26. The molecule has 1 aromatic rings. The maximum absolute atomic E-state index is 12.6. The van der Waals surface area contributed by atoms with Crippen LogP contribution in [0.1, 0.15) is 19.4 Å². The van der Waals surface area contributed by atoms with Gasteiger partial charge < -0.3 is 24.2 Å². The molecule has 8 nitrogen and oxygen atoms in total. The lowest BCUT2D eigenvalue weighted by molar-refractivity contribution is -0.140. The molecule has 0 unspecified atom stereocenters. The molecule has 0 radical (unpaired) electrons. The smallest absolute Gasteiger partial charge is 0.409 e. The zero-order valence-corrected chi connectivity index (χ0v) is 16.8. The third kappa shape index (κ3) is 6.14. The lowest BCUT2D eigenvalue weighted by Gasteiger charge is -2.35. The number of hydrogen-bond donors (Lipinski definition) is 0. The van der Waals surface area contributed by atoms with Gasteiger partial charge in [0.05, 0.1) is 20.3 Å². The largest absolute Gasteiger partial charge is 0.497 e. The number of nitrogens with zero attached hydrogens (tertiary/aromatic N) is 3. The fraction of sp³-hybridized carbons (Fsp3) is 0.550. The molecule has 28 heavy (non-hydrogen) atoms. The first-order valence-corrected chi connectivity index (χ1v) is 9.52. The van der Waals surface area contributed by atoms with E-state index >= 15 is 0 Å². The molecular weight excluding hydrogens is 362 g/mol. The molecule has 1 fully saturated rings. The molecule has 1 aromatic carbocycles. The summed E-state index contributed by atoms with van der Waals surface area (Å²) in [5.74, 6) is 0.521. The van der Waals surface area contributed by atoms with Crippen LogP contribution in [0.25, 0.3) is 0 Å². The summed E-state index contributed by atoms with van der Waals surface area (Å²) in [7, 11) is 1.61. The molecule has 1 aliphatic rings. The number of methoxy groups -OCH3 is 1. The van der Waals surface area contributed by atoms with Gasteiger partial charge in [-0.15, -0.1) is 0 Å². The summed E-state index contributed by atoms with van der Waals surface area (Å²) in [5.41, 5.74) is 1.04. The van der Waals surface area contributed by atoms with Crippen molar-refractivity contribution >= 4 is 17.9 Å². The minimum absolute atomic E-state index is 0.0404. The molecule has 1 heterocycles. The van der Waals surface area contributed by atoms with Gasteiger partial charge in [-0.2, -0.15) is 0 Å². The molecule has 0 saturated carbocycles. The van der Waals surface area contributed by atoms with Gasteiger partial charge in [-0.3, -0.25) is 9.59 Å². The topological polar surface area (TPSA) is 79.4 Å². The monoisotopic (exact) mass is 391 g/mol. The second kappa shape index (κ2) is 10.5. The van der Waals surface area contributed by atoms with Crippen molar-refractivity contribution in [1.29, 1.82) is 0 Å². The molecule has 154 valence electrons. The van der Waals surface area contributed by atoms with Crippen molar-refractivity contribution in [2.24, 2.45) is 0 Å². The van der Waals surface area contributed by atoms with Gasteiger partial charge in [0.25, 0.3) is 0 Å². The molecular formula is C20H29N3O5. The van der Waals surface area contributed by atoms with E-state index in [1.54, 1.807) is 28.7 Å². The van der Waals surface area contributed by atoms with Crippen molar-refractivity contribution in [2.75, 3.05) is 53.0 Å². The van der Waals surface area contributed by atoms with Crippen LogP contribution in [-0.4, -0.2) is 85.6 Å². The van der Waals surface area contributed by atoms with Crippen LogP contribution in [0, 0.1) is 0 Å². The molecule has 0 bridgehead atoms. The highest BCUT2D eigenvalue weighted by atomic mass is 16.6. The van der Waals surface area contributed by atoms with Crippen molar-refractivity contribution in [3.05, 3.63) is 29.8 Å². The molecule has 1 saturated heterocycles. The lowest BCUT2D eigenvalue weighted by atomic mass is 10.1. The van der Waals surface area contributed by atoms with Crippen molar-refractivity contribution in [3.63, 3.8) is 0 Å². The van der Waals surface area contributed by atoms with Gasteiger partial charge in [-0.1, -0.05) is 12.1 Å². The summed E-state index contributed by atoms with van der Waals surface area (Å²) in [6.07, 6.45) is 0.291. The van der Waals surface area contributed by atoms with Gasteiger partial charge in [0, 0.05) is 39.6 Å². The van der Waals surface area contributed by atoms with E-state index in [0.29, 0.717) is 45.8 Å². The number of carbonyl (C=O) groups is 3. The van der Waals surface area contributed by atoms with Crippen LogP contribution in [0.15, 0.2) is 24.3 Å². The first kappa shape index (κ1) is 21.5. The van der Waals surface area contributed by atoms with Crippen molar-refractivity contribution in [3.8, 4) is 5.75 Å². The number of piperazine rings is 1. The van der Waals surface area contributed by atoms with Crippen LogP contribution < -0.4 is 4.74 Å². The zero-order chi connectivity index (χ0) is 20.5. The Morgan fingerprint density at radius 3 is 2.39 bits per heavy atom. The first-order valence-electron chi connectivity index (χ1n) is 9.52. The average molecular weight is 391 g/mol. The number of ether oxygens (including phenoxy) is 2. The Morgan fingerprint density at radius 2 is 1.79 bits per heavy atom. The van der Waals surface area contributed by atoms with Gasteiger partial charge in [-0.05, 0) is 31.0 Å². The summed E-state index contributed by atoms with van der Waals surface area (Å²) < 4.78 is 10.2. The van der Waals surface area contributed by atoms with Gasteiger partial charge in [0.1, 0.15) is 5.75 Å². The Labute approximate surface area is 166 Å². The van der Waals surface area contributed by atoms with E-state index in [9.17, 15) is 14.4 Å². The Kier molecular flexibility index (Phi) is 8.10. The molecule has 0 aliphatic carbocycles. The predicted molar refractivity (Wildman–Crippen MR) is 104 cm³/mol. The third-order valence-corrected chi connectivity index (χ3v) is 4.73. The summed E-state index contributed by atoms with van der Waals surface area (Å²) in [6, 6.07) is 7.66. The summed E-state index contributed by atoms with van der Waals surface area (Å²) in [6.45, 7) is 5.83. The fourth-order valence-electron chi connectivity index (χ4n) is 3.06. The van der Waals surface area contributed by atoms with Crippen LogP contribution in [0.5, 0.6) is 5.75 Å². The fourth-order valence-corrected chi connectivity index (χ4v) is 3.06. The summed E-state index contributed by atoms with van der Waals surface area (Å²) >= 11 is 0. The van der Waals surface area contributed by atoms with Crippen LogP contribution in [0.3, 0.4) is 0 Å². The number of carbonyl (C=O) groups excluding carboxylic acids is 3. The minimum atomic E-state index is -0.349. The molecule has 3 amide bonds. The van der Waals surface area contributed by atoms with E-state index in [2.05, 4.69) is 0 Å². The zero-order valence-electron chi connectivity index (χ0n) is 16.8. The second-order valence-corrected chi connectivity index (χ2v) is 6.61. The molecule has 2 rings (SSSR count). The lowest BCUT2D eigenvalue weighted by Crippen LogP contribution is -2.53. The van der Waals surface area contributed by atoms with E-state index in [1.165, 1.54) is 6.92 Å². The first-order chi connectivity index (χ1) is 13.4. The van der Waals surface area contributed by atoms with Gasteiger partial charge in [-0.25, -0.2) is 4.79 Å². The third-order valence-electron chi connectivity index (χ3n) is 4.73. The molecule has 8 heteroatoms. The number of rotatable bonds is 7. The Morgan fingerprint density at radius 1 is 1.11 bits per heavy atom. The Hall–Kier alpha value is -2.77. The van der Waals surface area contributed by atoms with Gasteiger partial charge in [0.2, 0.25) is 11.8 Å². The van der Waals surface area contributed by atoms with E-state index in [1.807, 2.05) is 24.3 Å². The summed E-state index contributed by atoms with van der Waals surface area (Å²) in [4.78, 5) is 41.2. The maximum Gasteiger partial charge on any atom is 0.409 e. The SMILES string of the molecule is CCOC(=O)N1CCN(C(=O)CN(CCc2cccc(OC)c2)C(C)=O)CC1. The van der Waals surface area contributed by atoms with Crippen LogP contribution in [-0.2, 0) is 20.7 Å². The van der Waals surface area contributed by atoms with E-state index in [-0.39, 0.29) is 24.5 Å². The summed E-state index contributed by atoms with van der Waals surface area (Å²) in [5, 5.41) is 0. The quantitative estimate of drug-likeness (QED) is 0.702. The maximum atomic E-state index is 12.6. The van der Waals surface area contributed by atoms with E-state index in [0.717, 1.165) is 11.3 Å². The minimum Gasteiger partial charge on any atom is -0.497 e. The van der Waals surface area contributed by atoms with E-state index in [4.69, 9.17) is 9.47 Å². The predicted octanol–water partition coefficient (Wildman–Crippen LogP) is 1.39. The van der Waals surface area contributed by atoms with Crippen LogP contribution in [0.4, 0.5) is 4.79 Å². The number of hydrogen-bond acceptors (Lipinski definition) is 5. The van der Waals surface area contributed by atoms with Gasteiger partial charge >= 0.3 is 6.09 Å².